The second kappa shape index (κ2) is 9.34. The molecule has 0 atom stereocenters. The van der Waals surface area contributed by atoms with Crippen LogP contribution >= 0.6 is 23.2 Å². The van der Waals surface area contributed by atoms with Gasteiger partial charge in [0.2, 0.25) is 0 Å². The largest absolute Gasteiger partial charge is 0.379 e. The number of halogens is 2. The van der Waals surface area contributed by atoms with Crippen molar-refractivity contribution < 1.29 is 9.47 Å². The molecule has 2 aliphatic heterocycles. The van der Waals surface area contributed by atoms with Gasteiger partial charge in [-0.2, -0.15) is 0 Å². The summed E-state index contributed by atoms with van der Waals surface area (Å²) >= 11 is 12.0. The Hall–Kier alpha value is -0.900. The molecule has 0 unspecified atom stereocenters. The minimum atomic E-state index is -0.425. The van der Waals surface area contributed by atoms with Crippen LogP contribution in [0.15, 0.2) is 9.59 Å². The summed E-state index contributed by atoms with van der Waals surface area (Å²) in [7, 11) is 0. The Morgan fingerprint density at radius 1 is 0.654 bits per heavy atom. The maximum absolute atomic E-state index is 12.6. The Balaban J connectivity index is 1.78. The van der Waals surface area contributed by atoms with E-state index in [4.69, 9.17) is 32.7 Å². The van der Waals surface area contributed by atoms with Crippen molar-refractivity contribution in [3.8, 4) is 0 Å². The third-order valence-electron chi connectivity index (χ3n) is 4.79. The standard InChI is InChI=1S/C16H24Cl2N4O4/c17-13-14(18)16(24)22(4-2-20-7-11-26-12-8-20)21(15(13)23)3-1-19-5-9-25-10-6-19/h1-12H2. The van der Waals surface area contributed by atoms with Gasteiger partial charge in [-0.15, -0.1) is 0 Å². The van der Waals surface area contributed by atoms with E-state index in [9.17, 15) is 9.59 Å². The van der Waals surface area contributed by atoms with Crippen LogP contribution in [0.5, 0.6) is 0 Å². The fraction of sp³-hybridized carbons (Fsp3) is 0.750. The summed E-state index contributed by atoms with van der Waals surface area (Å²) in [6, 6.07) is 0. The van der Waals surface area contributed by atoms with Gasteiger partial charge in [0, 0.05) is 39.3 Å². The van der Waals surface area contributed by atoms with E-state index in [1.807, 2.05) is 0 Å². The SMILES string of the molecule is O=c1c(Cl)c(Cl)c(=O)n(CCN2CCOCC2)n1CCN1CCOCC1. The summed E-state index contributed by atoms with van der Waals surface area (Å²) in [5.74, 6) is 0. The highest BCUT2D eigenvalue weighted by Gasteiger charge is 2.19. The van der Waals surface area contributed by atoms with Crippen molar-refractivity contribution in [1.82, 2.24) is 19.2 Å². The van der Waals surface area contributed by atoms with Gasteiger partial charge in [-0.05, 0) is 0 Å². The number of hydrogen-bond donors (Lipinski definition) is 0. The van der Waals surface area contributed by atoms with Crippen LogP contribution in [0, 0.1) is 0 Å². The third-order valence-corrected chi connectivity index (χ3v) is 5.59. The lowest BCUT2D eigenvalue weighted by molar-refractivity contribution is 0.0322. The molecule has 1 aromatic heterocycles. The smallest absolute Gasteiger partial charge is 0.285 e. The average Bonchev–Trinajstić information content (AvgIpc) is 2.69. The van der Waals surface area contributed by atoms with Crippen molar-refractivity contribution in [2.24, 2.45) is 0 Å². The molecule has 0 aromatic carbocycles. The maximum Gasteiger partial charge on any atom is 0.285 e. The molecule has 146 valence electrons. The van der Waals surface area contributed by atoms with Gasteiger partial charge >= 0.3 is 0 Å². The van der Waals surface area contributed by atoms with E-state index < -0.39 is 11.1 Å². The first-order valence-corrected chi connectivity index (χ1v) is 9.62. The fourth-order valence-electron chi connectivity index (χ4n) is 3.20. The summed E-state index contributed by atoms with van der Waals surface area (Å²) < 4.78 is 13.5. The molecule has 0 spiro atoms. The Morgan fingerprint density at radius 2 is 1.00 bits per heavy atom. The Bertz CT molecular complexity index is 663. The molecule has 2 aliphatic rings. The van der Waals surface area contributed by atoms with Gasteiger partial charge in [0.1, 0.15) is 10.0 Å². The Kier molecular flexibility index (Phi) is 7.13. The second-order valence-electron chi connectivity index (χ2n) is 6.39. The molecule has 10 heteroatoms. The van der Waals surface area contributed by atoms with Crippen molar-refractivity contribution >= 4 is 23.2 Å². The van der Waals surface area contributed by atoms with E-state index in [1.165, 1.54) is 9.36 Å². The summed E-state index contributed by atoms with van der Waals surface area (Å²) in [5, 5.41) is -0.414. The van der Waals surface area contributed by atoms with E-state index in [0.29, 0.717) is 52.6 Å². The van der Waals surface area contributed by atoms with Crippen molar-refractivity contribution in [3.05, 3.63) is 30.8 Å². The molecule has 0 aliphatic carbocycles. The molecular weight excluding hydrogens is 383 g/mol. The normalized spacial score (nSPS) is 19.8. The summed E-state index contributed by atoms with van der Waals surface area (Å²) in [5.41, 5.74) is -0.849. The highest BCUT2D eigenvalue weighted by molar-refractivity contribution is 6.41. The van der Waals surface area contributed by atoms with Crippen LogP contribution in [0.2, 0.25) is 10.0 Å². The van der Waals surface area contributed by atoms with E-state index in [0.717, 1.165) is 26.2 Å². The van der Waals surface area contributed by atoms with Gasteiger partial charge in [0.05, 0.1) is 39.5 Å². The number of rotatable bonds is 6. The van der Waals surface area contributed by atoms with Crippen LogP contribution in [0.25, 0.3) is 0 Å². The van der Waals surface area contributed by atoms with Gasteiger partial charge in [0.15, 0.2) is 0 Å². The monoisotopic (exact) mass is 406 g/mol. The zero-order valence-electron chi connectivity index (χ0n) is 14.7. The Morgan fingerprint density at radius 3 is 1.35 bits per heavy atom. The van der Waals surface area contributed by atoms with Gasteiger partial charge in [-0.3, -0.25) is 19.4 Å². The number of hydrogen-bond acceptors (Lipinski definition) is 6. The minimum absolute atomic E-state index is 0.207. The topological polar surface area (TPSA) is 68.9 Å². The minimum Gasteiger partial charge on any atom is -0.379 e. The lowest BCUT2D eigenvalue weighted by atomic mass is 10.4. The van der Waals surface area contributed by atoms with Crippen LogP contribution in [0.4, 0.5) is 0 Å². The van der Waals surface area contributed by atoms with Crippen molar-refractivity contribution in [2.75, 3.05) is 65.7 Å². The molecule has 26 heavy (non-hydrogen) atoms. The van der Waals surface area contributed by atoms with Gasteiger partial charge in [-0.25, -0.2) is 9.36 Å². The molecule has 2 saturated heterocycles. The maximum atomic E-state index is 12.6. The molecule has 0 radical (unpaired) electrons. The summed E-state index contributed by atoms with van der Waals surface area (Å²) in [6.07, 6.45) is 0. The molecule has 3 rings (SSSR count). The zero-order valence-corrected chi connectivity index (χ0v) is 16.2. The molecule has 0 bridgehead atoms. The number of nitrogens with zero attached hydrogens (tertiary/aromatic N) is 4. The molecule has 0 saturated carbocycles. The van der Waals surface area contributed by atoms with Crippen LogP contribution in [0.3, 0.4) is 0 Å². The van der Waals surface area contributed by atoms with E-state index in [-0.39, 0.29) is 10.0 Å². The average molecular weight is 407 g/mol. The van der Waals surface area contributed by atoms with Gasteiger partial charge < -0.3 is 9.47 Å². The molecule has 0 amide bonds. The van der Waals surface area contributed by atoms with Crippen LogP contribution < -0.4 is 11.1 Å². The predicted octanol–water partition coefficient (Wildman–Crippen LogP) is -0.0188. The molecule has 0 N–H and O–H groups in total. The van der Waals surface area contributed by atoms with Crippen LogP contribution in [-0.4, -0.2) is 84.9 Å². The van der Waals surface area contributed by atoms with Crippen molar-refractivity contribution in [3.63, 3.8) is 0 Å². The lowest BCUT2D eigenvalue weighted by Gasteiger charge is -2.29. The van der Waals surface area contributed by atoms with Gasteiger partial charge in [-0.1, -0.05) is 23.2 Å². The highest BCUT2D eigenvalue weighted by atomic mass is 35.5. The quantitative estimate of drug-likeness (QED) is 0.661. The van der Waals surface area contributed by atoms with Crippen LogP contribution in [-0.2, 0) is 22.6 Å². The Labute approximate surface area is 161 Å². The molecule has 8 nitrogen and oxygen atoms in total. The van der Waals surface area contributed by atoms with Crippen LogP contribution in [0.1, 0.15) is 0 Å². The summed E-state index contributed by atoms with van der Waals surface area (Å²) in [6.45, 7) is 8.04. The molecular formula is C16H24Cl2N4O4. The number of ether oxygens (including phenoxy) is 2. The zero-order chi connectivity index (χ0) is 18.5. The highest BCUT2D eigenvalue weighted by Crippen LogP contribution is 2.12. The van der Waals surface area contributed by atoms with E-state index in [1.54, 1.807) is 0 Å². The third kappa shape index (κ3) is 4.68. The first-order valence-electron chi connectivity index (χ1n) is 8.87. The van der Waals surface area contributed by atoms with E-state index >= 15 is 0 Å². The molecule has 1 aromatic rings. The predicted molar refractivity (Wildman–Crippen MR) is 99.5 cm³/mol. The first-order chi connectivity index (χ1) is 12.6. The van der Waals surface area contributed by atoms with Crippen molar-refractivity contribution in [1.29, 1.82) is 0 Å². The summed E-state index contributed by atoms with van der Waals surface area (Å²) in [4.78, 5) is 29.6. The first kappa shape index (κ1) is 19.9. The van der Waals surface area contributed by atoms with Crippen molar-refractivity contribution in [2.45, 2.75) is 13.1 Å². The number of aromatic nitrogens is 2. The lowest BCUT2D eigenvalue weighted by Crippen LogP contribution is -2.46. The fourth-order valence-corrected chi connectivity index (χ4v) is 3.56. The van der Waals surface area contributed by atoms with Gasteiger partial charge in [0.25, 0.3) is 11.1 Å². The molecule has 3 heterocycles. The van der Waals surface area contributed by atoms with E-state index in [2.05, 4.69) is 9.80 Å². The number of morpholine rings is 2. The second-order valence-corrected chi connectivity index (χ2v) is 7.15. The molecule has 2 fully saturated rings.